The summed E-state index contributed by atoms with van der Waals surface area (Å²) in [4.78, 5) is 17.1. The molecular formula is C13H13ClN2O2S. The summed E-state index contributed by atoms with van der Waals surface area (Å²) in [5.41, 5.74) is 3.93. The van der Waals surface area contributed by atoms with Gasteiger partial charge in [-0.15, -0.1) is 11.3 Å². The van der Waals surface area contributed by atoms with Gasteiger partial charge in [0.2, 0.25) is 0 Å². The van der Waals surface area contributed by atoms with E-state index in [1.165, 1.54) is 6.07 Å². The van der Waals surface area contributed by atoms with Crippen LogP contribution in [0.2, 0.25) is 5.02 Å². The monoisotopic (exact) mass is 296 g/mol. The Balaban J connectivity index is 2.04. The third kappa shape index (κ3) is 3.76. The number of carboxylic acid groups (broad SMARTS) is 1. The highest BCUT2D eigenvalue weighted by Gasteiger charge is 2.09. The molecule has 2 rings (SSSR count). The molecule has 19 heavy (non-hydrogen) atoms. The van der Waals surface area contributed by atoms with Gasteiger partial charge in [0.1, 0.15) is 0 Å². The fourth-order valence-electron chi connectivity index (χ4n) is 1.75. The van der Waals surface area contributed by atoms with Gasteiger partial charge in [0.05, 0.1) is 16.8 Å². The third-order valence-corrected chi connectivity index (χ3v) is 3.64. The van der Waals surface area contributed by atoms with Crippen LogP contribution in [0.15, 0.2) is 29.1 Å². The second-order valence-corrected chi connectivity index (χ2v) is 5.39. The molecule has 0 saturated heterocycles. The average Bonchev–Trinajstić information content (AvgIpc) is 2.84. The summed E-state index contributed by atoms with van der Waals surface area (Å²) >= 11 is 7.66. The maximum Gasteiger partial charge on any atom is 0.335 e. The van der Waals surface area contributed by atoms with Crippen LogP contribution in [-0.4, -0.2) is 28.0 Å². The van der Waals surface area contributed by atoms with Gasteiger partial charge in [0.25, 0.3) is 0 Å². The predicted octanol–water partition coefficient (Wildman–Crippen LogP) is 3.13. The Morgan fingerprint density at radius 1 is 1.47 bits per heavy atom. The van der Waals surface area contributed by atoms with Crippen LogP contribution in [0.3, 0.4) is 0 Å². The lowest BCUT2D eigenvalue weighted by atomic mass is 10.1. The van der Waals surface area contributed by atoms with Gasteiger partial charge in [-0.1, -0.05) is 17.7 Å². The molecule has 2 aromatic rings. The molecule has 1 aromatic carbocycles. The maximum atomic E-state index is 10.8. The molecule has 0 bridgehead atoms. The summed E-state index contributed by atoms with van der Waals surface area (Å²) in [5, 5.41) is 11.4. The Kier molecular flexibility index (Phi) is 4.52. The highest BCUT2D eigenvalue weighted by molar-refractivity contribution is 7.07. The molecular weight excluding hydrogens is 284 g/mol. The molecule has 1 aromatic heterocycles. The first-order valence-corrected chi connectivity index (χ1v) is 6.95. The van der Waals surface area contributed by atoms with Gasteiger partial charge in [0.15, 0.2) is 0 Å². The molecule has 0 unspecified atom stereocenters. The lowest BCUT2D eigenvalue weighted by Gasteiger charge is -2.16. The average molecular weight is 297 g/mol. The molecule has 0 aliphatic heterocycles. The van der Waals surface area contributed by atoms with Crippen molar-refractivity contribution in [3.05, 3.63) is 50.9 Å². The summed E-state index contributed by atoms with van der Waals surface area (Å²) in [6, 6.07) is 4.81. The van der Waals surface area contributed by atoms with Gasteiger partial charge in [0, 0.05) is 23.5 Å². The van der Waals surface area contributed by atoms with E-state index in [4.69, 9.17) is 16.7 Å². The Labute approximate surface area is 120 Å². The number of carboxylic acids is 1. The van der Waals surface area contributed by atoms with E-state index in [9.17, 15) is 4.79 Å². The van der Waals surface area contributed by atoms with Crippen molar-refractivity contribution in [1.82, 2.24) is 9.88 Å². The SMILES string of the molecule is CN(Cc1cscn1)Cc1ccc(C(=O)O)cc1Cl. The summed E-state index contributed by atoms with van der Waals surface area (Å²) in [5.74, 6) is -0.968. The smallest absolute Gasteiger partial charge is 0.335 e. The Morgan fingerprint density at radius 2 is 2.26 bits per heavy atom. The van der Waals surface area contributed by atoms with Crippen LogP contribution in [0.4, 0.5) is 0 Å². The van der Waals surface area contributed by atoms with Gasteiger partial charge in [-0.2, -0.15) is 0 Å². The molecule has 1 N–H and O–H groups in total. The topological polar surface area (TPSA) is 53.4 Å². The summed E-state index contributed by atoms with van der Waals surface area (Å²) < 4.78 is 0. The number of hydrogen-bond acceptors (Lipinski definition) is 4. The second kappa shape index (κ2) is 6.14. The number of carbonyl (C=O) groups is 1. The van der Waals surface area contributed by atoms with Gasteiger partial charge in [-0.05, 0) is 24.7 Å². The Morgan fingerprint density at radius 3 is 2.84 bits per heavy atom. The van der Waals surface area contributed by atoms with Gasteiger partial charge < -0.3 is 5.11 Å². The fourth-order valence-corrected chi connectivity index (χ4v) is 2.54. The van der Waals surface area contributed by atoms with Crippen LogP contribution < -0.4 is 0 Å². The predicted molar refractivity (Wildman–Crippen MR) is 75.7 cm³/mol. The van der Waals surface area contributed by atoms with Crippen LogP contribution in [0.5, 0.6) is 0 Å². The lowest BCUT2D eigenvalue weighted by molar-refractivity contribution is 0.0697. The Hall–Kier alpha value is -1.43. The lowest BCUT2D eigenvalue weighted by Crippen LogP contribution is -2.17. The third-order valence-electron chi connectivity index (χ3n) is 2.66. The van der Waals surface area contributed by atoms with Crippen molar-refractivity contribution in [1.29, 1.82) is 0 Å². The molecule has 0 saturated carbocycles. The van der Waals surface area contributed by atoms with Crippen molar-refractivity contribution < 1.29 is 9.90 Å². The van der Waals surface area contributed by atoms with Crippen LogP contribution in [-0.2, 0) is 13.1 Å². The summed E-state index contributed by atoms with van der Waals surface area (Å²) in [6.45, 7) is 1.39. The zero-order chi connectivity index (χ0) is 13.8. The number of rotatable bonds is 5. The van der Waals surface area contributed by atoms with Crippen molar-refractivity contribution in [3.8, 4) is 0 Å². The van der Waals surface area contributed by atoms with Gasteiger partial charge in [-0.3, -0.25) is 4.90 Å². The number of thiazole rings is 1. The van der Waals surface area contributed by atoms with Gasteiger partial charge >= 0.3 is 5.97 Å². The minimum absolute atomic E-state index is 0.205. The normalized spacial score (nSPS) is 10.9. The van der Waals surface area contributed by atoms with Crippen LogP contribution in [0.25, 0.3) is 0 Å². The largest absolute Gasteiger partial charge is 0.478 e. The first-order valence-electron chi connectivity index (χ1n) is 5.63. The summed E-state index contributed by atoms with van der Waals surface area (Å²) in [6.07, 6.45) is 0. The highest BCUT2D eigenvalue weighted by atomic mass is 35.5. The number of halogens is 1. The van der Waals surface area contributed by atoms with Crippen molar-refractivity contribution in [3.63, 3.8) is 0 Å². The standard InChI is InChI=1S/C13H13ClN2O2S/c1-16(6-11-7-19-8-15-11)5-10-3-2-9(13(17)18)4-12(10)14/h2-4,7-8H,5-6H2,1H3,(H,17,18). The Bertz CT molecular complexity index is 572. The minimum Gasteiger partial charge on any atom is -0.478 e. The zero-order valence-corrected chi connectivity index (χ0v) is 11.9. The molecule has 0 radical (unpaired) electrons. The van der Waals surface area contributed by atoms with E-state index in [0.29, 0.717) is 11.6 Å². The molecule has 100 valence electrons. The molecule has 0 aliphatic rings. The molecule has 4 nitrogen and oxygen atoms in total. The van der Waals surface area contributed by atoms with E-state index in [1.807, 2.05) is 12.4 Å². The van der Waals surface area contributed by atoms with Crippen molar-refractivity contribution in [2.75, 3.05) is 7.05 Å². The maximum absolute atomic E-state index is 10.8. The highest BCUT2D eigenvalue weighted by Crippen LogP contribution is 2.20. The van der Waals surface area contributed by atoms with E-state index in [-0.39, 0.29) is 5.56 Å². The number of aromatic nitrogens is 1. The van der Waals surface area contributed by atoms with E-state index >= 15 is 0 Å². The van der Waals surface area contributed by atoms with Crippen molar-refractivity contribution in [2.45, 2.75) is 13.1 Å². The van der Waals surface area contributed by atoms with Crippen molar-refractivity contribution >= 4 is 28.9 Å². The van der Waals surface area contributed by atoms with E-state index in [2.05, 4.69) is 9.88 Å². The minimum atomic E-state index is -0.968. The first kappa shape index (κ1) is 14.0. The van der Waals surface area contributed by atoms with Crippen LogP contribution in [0, 0.1) is 0 Å². The van der Waals surface area contributed by atoms with E-state index in [0.717, 1.165) is 17.8 Å². The molecule has 0 fully saturated rings. The quantitative estimate of drug-likeness (QED) is 0.921. The molecule has 6 heteroatoms. The number of nitrogens with zero attached hydrogens (tertiary/aromatic N) is 2. The van der Waals surface area contributed by atoms with Crippen LogP contribution >= 0.6 is 22.9 Å². The second-order valence-electron chi connectivity index (χ2n) is 4.26. The molecule has 0 amide bonds. The zero-order valence-electron chi connectivity index (χ0n) is 10.3. The number of benzene rings is 1. The van der Waals surface area contributed by atoms with Gasteiger partial charge in [-0.25, -0.2) is 9.78 Å². The molecule has 0 spiro atoms. The molecule has 0 atom stereocenters. The van der Waals surface area contributed by atoms with E-state index in [1.54, 1.807) is 29.0 Å². The van der Waals surface area contributed by atoms with E-state index < -0.39 is 5.97 Å². The van der Waals surface area contributed by atoms with Crippen LogP contribution in [0.1, 0.15) is 21.6 Å². The number of hydrogen-bond donors (Lipinski definition) is 1. The fraction of sp³-hybridized carbons (Fsp3) is 0.231. The van der Waals surface area contributed by atoms with Crippen molar-refractivity contribution in [2.24, 2.45) is 0 Å². The molecule has 0 aliphatic carbocycles. The molecule has 1 heterocycles. The first-order chi connectivity index (χ1) is 9.06. The number of aromatic carboxylic acids is 1. The summed E-state index contributed by atoms with van der Waals surface area (Å²) in [7, 11) is 1.97.